The van der Waals surface area contributed by atoms with Crippen molar-refractivity contribution in [1.29, 1.82) is 0 Å². The van der Waals surface area contributed by atoms with Crippen molar-refractivity contribution in [1.82, 2.24) is 29.5 Å². The van der Waals surface area contributed by atoms with E-state index in [1.807, 2.05) is 0 Å². The molecule has 1 fully saturated rings. The summed E-state index contributed by atoms with van der Waals surface area (Å²) in [5.74, 6) is 1.21. The molecule has 0 atom stereocenters. The number of hydrogen-bond donors (Lipinski definition) is 1. The maximum atomic E-state index is 5.80. The van der Waals surface area contributed by atoms with E-state index in [2.05, 4.69) is 42.3 Å². The van der Waals surface area contributed by atoms with Crippen LogP contribution in [0.3, 0.4) is 0 Å². The van der Waals surface area contributed by atoms with Crippen molar-refractivity contribution < 1.29 is 0 Å². The number of hydrogen-bond acceptors (Lipinski definition) is 7. The summed E-state index contributed by atoms with van der Waals surface area (Å²) in [6.45, 7) is 11.6. The fourth-order valence-corrected chi connectivity index (χ4v) is 3.87. The van der Waals surface area contributed by atoms with Crippen LogP contribution >= 0.6 is 0 Å². The molecule has 0 aromatic carbocycles. The molecule has 8 nitrogen and oxygen atoms in total. The summed E-state index contributed by atoms with van der Waals surface area (Å²) in [5, 5.41) is 4.83. The molecule has 146 valence electrons. The molecule has 0 bridgehead atoms. The molecular weight excluding hydrogens is 340 g/mol. The van der Waals surface area contributed by atoms with Crippen LogP contribution in [0.1, 0.15) is 31.2 Å². The molecule has 0 amide bonds. The molecule has 8 heteroatoms. The quantitative estimate of drug-likeness (QED) is 0.818. The van der Waals surface area contributed by atoms with Crippen LogP contribution in [0.5, 0.6) is 0 Å². The van der Waals surface area contributed by atoms with Gasteiger partial charge in [-0.3, -0.25) is 9.58 Å². The smallest absolute Gasteiger partial charge is 0.227 e. The molecule has 2 N–H and O–H groups in total. The minimum atomic E-state index is 0.512. The zero-order valence-corrected chi connectivity index (χ0v) is 16.2. The molecule has 4 heterocycles. The molecule has 0 radical (unpaired) electrons. The average Bonchev–Trinajstić information content (AvgIpc) is 3.09. The summed E-state index contributed by atoms with van der Waals surface area (Å²) in [6.07, 6.45) is 4.30. The monoisotopic (exact) mass is 370 g/mol. The average molecular weight is 371 g/mol. The molecule has 0 unspecified atom stereocenters. The van der Waals surface area contributed by atoms with Crippen LogP contribution < -0.4 is 10.6 Å². The Labute approximate surface area is 161 Å². The third-order valence-corrected chi connectivity index (χ3v) is 5.47. The van der Waals surface area contributed by atoms with Gasteiger partial charge in [-0.1, -0.05) is 13.3 Å². The Kier molecular flexibility index (Phi) is 5.54. The van der Waals surface area contributed by atoms with Crippen molar-refractivity contribution in [3.05, 3.63) is 29.7 Å². The van der Waals surface area contributed by atoms with E-state index in [9.17, 15) is 0 Å². The Morgan fingerprint density at radius 3 is 2.67 bits per heavy atom. The van der Waals surface area contributed by atoms with Crippen molar-refractivity contribution in [3.63, 3.8) is 0 Å². The van der Waals surface area contributed by atoms with E-state index >= 15 is 0 Å². The van der Waals surface area contributed by atoms with Crippen LogP contribution in [-0.2, 0) is 19.6 Å². The number of piperazine rings is 1. The van der Waals surface area contributed by atoms with Crippen LogP contribution in [0.15, 0.2) is 18.3 Å². The molecular formula is C19H30N8. The largest absolute Gasteiger partial charge is 0.384 e. The first-order valence-corrected chi connectivity index (χ1v) is 10.0. The SMILES string of the molecule is CCCCN1CCN(Cc2cc3n(n2)CCN(c2nccc(N)n2)C3)CC1. The zero-order valence-electron chi connectivity index (χ0n) is 16.2. The van der Waals surface area contributed by atoms with Gasteiger partial charge >= 0.3 is 0 Å². The number of anilines is 2. The van der Waals surface area contributed by atoms with Crippen LogP contribution in [0.25, 0.3) is 0 Å². The van der Waals surface area contributed by atoms with E-state index in [4.69, 9.17) is 10.8 Å². The highest BCUT2D eigenvalue weighted by molar-refractivity contribution is 5.39. The van der Waals surface area contributed by atoms with Gasteiger partial charge in [0.25, 0.3) is 0 Å². The van der Waals surface area contributed by atoms with Gasteiger partial charge in [-0.05, 0) is 25.1 Å². The number of aromatic nitrogens is 4. The second-order valence-corrected chi connectivity index (χ2v) is 7.52. The molecule has 2 aliphatic heterocycles. The summed E-state index contributed by atoms with van der Waals surface area (Å²) < 4.78 is 2.13. The third-order valence-electron chi connectivity index (χ3n) is 5.47. The first kappa shape index (κ1) is 18.2. The van der Waals surface area contributed by atoms with E-state index in [-0.39, 0.29) is 0 Å². The molecule has 0 aliphatic carbocycles. The highest BCUT2D eigenvalue weighted by Crippen LogP contribution is 2.19. The van der Waals surface area contributed by atoms with E-state index in [1.54, 1.807) is 12.3 Å². The number of nitrogens with two attached hydrogens (primary N) is 1. The summed E-state index contributed by atoms with van der Waals surface area (Å²) in [7, 11) is 0. The van der Waals surface area contributed by atoms with Gasteiger partial charge in [0.1, 0.15) is 5.82 Å². The van der Waals surface area contributed by atoms with E-state index in [1.165, 1.54) is 43.9 Å². The van der Waals surface area contributed by atoms with Crippen LogP contribution in [0.4, 0.5) is 11.8 Å². The summed E-state index contributed by atoms with van der Waals surface area (Å²) in [5.41, 5.74) is 8.20. The number of nitrogen functional groups attached to an aromatic ring is 1. The normalized spacial score (nSPS) is 18.6. The Balaban J connectivity index is 1.34. The topological polar surface area (TPSA) is 79.3 Å². The van der Waals surface area contributed by atoms with Crippen LogP contribution in [-0.4, -0.2) is 68.8 Å². The fourth-order valence-electron chi connectivity index (χ4n) is 3.87. The molecule has 2 aliphatic rings. The lowest BCUT2D eigenvalue weighted by atomic mass is 10.2. The number of unbranched alkanes of at least 4 members (excludes halogenated alkanes) is 1. The lowest BCUT2D eigenvalue weighted by Gasteiger charge is -2.34. The minimum absolute atomic E-state index is 0.512. The number of nitrogens with zero attached hydrogens (tertiary/aromatic N) is 7. The highest BCUT2D eigenvalue weighted by Gasteiger charge is 2.22. The summed E-state index contributed by atoms with van der Waals surface area (Å²) in [6, 6.07) is 3.96. The van der Waals surface area contributed by atoms with Crippen molar-refractivity contribution in [2.45, 2.75) is 39.4 Å². The molecule has 1 saturated heterocycles. The Bertz CT molecular complexity index is 750. The van der Waals surface area contributed by atoms with Gasteiger partial charge in [-0.2, -0.15) is 10.1 Å². The van der Waals surface area contributed by atoms with Crippen molar-refractivity contribution >= 4 is 11.8 Å². The Hall–Kier alpha value is -2.19. The lowest BCUT2D eigenvalue weighted by molar-refractivity contribution is 0.125. The van der Waals surface area contributed by atoms with Crippen molar-refractivity contribution in [3.8, 4) is 0 Å². The third kappa shape index (κ3) is 4.39. The Morgan fingerprint density at radius 1 is 1.07 bits per heavy atom. The molecule has 0 saturated carbocycles. The maximum Gasteiger partial charge on any atom is 0.227 e. The van der Waals surface area contributed by atoms with Crippen molar-refractivity contribution in [2.75, 3.05) is 49.9 Å². The van der Waals surface area contributed by atoms with E-state index in [0.717, 1.165) is 39.3 Å². The van der Waals surface area contributed by atoms with Gasteiger partial charge in [0.15, 0.2) is 0 Å². The Morgan fingerprint density at radius 2 is 1.89 bits per heavy atom. The number of fused-ring (bicyclic) bond motifs is 1. The minimum Gasteiger partial charge on any atom is -0.384 e. The fraction of sp³-hybridized carbons (Fsp3) is 0.632. The van der Waals surface area contributed by atoms with Crippen molar-refractivity contribution in [2.24, 2.45) is 0 Å². The van der Waals surface area contributed by atoms with Crippen LogP contribution in [0, 0.1) is 0 Å². The van der Waals surface area contributed by atoms with Gasteiger partial charge in [-0.25, -0.2) is 4.98 Å². The van der Waals surface area contributed by atoms with Gasteiger partial charge in [0.05, 0.1) is 24.5 Å². The molecule has 27 heavy (non-hydrogen) atoms. The first-order chi connectivity index (χ1) is 13.2. The highest BCUT2D eigenvalue weighted by atomic mass is 15.4. The molecule has 2 aromatic heterocycles. The van der Waals surface area contributed by atoms with Gasteiger partial charge in [-0.15, -0.1) is 0 Å². The zero-order chi connectivity index (χ0) is 18.6. The lowest BCUT2D eigenvalue weighted by Crippen LogP contribution is -2.46. The van der Waals surface area contributed by atoms with E-state index < -0.39 is 0 Å². The van der Waals surface area contributed by atoms with Gasteiger partial charge < -0.3 is 15.5 Å². The maximum absolute atomic E-state index is 5.80. The van der Waals surface area contributed by atoms with Gasteiger partial charge in [0, 0.05) is 45.5 Å². The molecule has 2 aromatic rings. The van der Waals surface area contributed by atoms with Crippen LogP contribution in [0.2, 0.25) is 0 Å². The summed E-state index contributed by atoms with van der Waals surface area (Å²) >= 11 is 0. The molecule has 4 rings (SSSR count). The van der Waals surface area contributed by atoms with E-state index in [0.29, 0.717) is 11.8 Å². The van der Waals surface area contributed by atoms with Gasteiger partial charge in [0.2, 0.25) is 5.95 Å². The second kappa shape index (κ2) is 8.22. The number of rotatable bonds is 6. The first-order valence-electron chi connectivity index (χ1n) is 10.0. The summed E-state index contributed by atoms with van der Waals surface area (Å²) in [4.78, 5) is 16.0. The standard InChI is InChI=1S/C19H30N8/c1-2-3-6-24-7-9-25(10-8-24)14-16-13-17-15-26(11-12-27(17)23-16)19-21-5-4-18(20)22-19/h4-5,13H,2-3,6-12,14-15H2,1H3,(H2,20,21,22). The predicted octanol–water partition coefficient (Wildman–Crippen LogP) is 1.19. The second-order valence-electron chi connectivity index (χ2n) is 7.52. The molecule has 0 spiro atoms. The predicted molar refractivity (Wildman–Crippen MR) is 106 cm³/mol.